The average Bonchev–Trinajstić information content (AvgIpc) is 4.30. The van der Waals surface area contributed by atoms with E-state index in [4.69, 9.17) is 24.2 Å². The number of aromatic nitrogens is 4. The standard InChI is InChI=1S/C55H70F4N10O8/c1-28(75-7)46(64-53(72)77-9)51(70)67-18-10-12-44(67)49-60-38-24-32(34(56)26-40(38)62-49)42-14-15-43(69(42)31-22-36(58)48(37(59)23-31)66-20-16-30(17-21-66)55(3,4)5)33-25-39-41(27-35(33)57)63-50(61-39)45-13-11-19-68(45)52(71)47(29(2)76-8)65(6)54(73)74/h22-30,42-47H,10-21H2,1-9H3,(H,60,62)(H,61,63)(H,64,72)(H,73,74)/t28-,29-,42-,43-,44+,45+,46+,47+/m1/s1. The molecule has 18 nitrogen and oxygen atoms in total. The lowest BCUT2D eigenvalue weighted by molar-refractivity contribution is -0.141. The molecule has 22 heteroatoms. The van der Waals surface area contributed by atoms with Crippen LogP contribution in [0.5, 0.6) is 0 Å². The summed E-state index contributed by atoms with van der Waals surface area (Å²) in [7, 11) is 5.34. The lowest BCUT2D eigenvalue weighted by atomic mass is 9.75. The zero-order chi connectivity index (χ0) is 55.4. The van der Waals surface area contributed by atoms with Crippen molar-refractivity contribution in [3.05, 3.63) is 82.4 Å². The van der Waals surface area contributed by atoms with Gasteiger partial charge >= 0.3 is 12.2 Å². The van der Waals surface area contributed by atoms with Crippen molar-refractivity contribution < 1.29 is 56.1 Å². The Kier molecular flexibility index (Phi) is 15.7. The molecule has 0 aliphatic carbocycles. The quantitative estimate of drug-likeness (QED) is 0.0769. The first-order chi connectivity index (χ1) is 36.6. The Morgan fingerprint density at radius 1 is 0.688 bits per heavy atom. The molecule has 0 saturated carbocycles. The van der Waals surface area contributed by atoms with Gasteiger partial charge in [-0.25, -0.2) is 37.1 Å². The summed E-state index contributed by atoms with van der Waals surface area (Å²) >= 11 is 0. The molecule has 0 spiro atoms. The highest BCUT2D eigenvalue weighted by Crippen LogP contribution is 2.50. The Bertz CT molecular complexity index is 3010. The second kappa shape index (κ2) is 22.0. The number of aromatic amines is 2. The van der Waals surface area contributed by atoms with E-state index in [0.29, 0.717) is 91.5 Å². The van der Waals surface area contributed by atoms with Crippen LogP contribution in [0.3, 0.4) is 0 Å². The van der Waals surface area contributed by atoms with Crippen molar-refractivity contribution in [1.29, 1.82) is 0 Å². The number of alkyl carbamates (subject to hydrolysis) is 1. The smallest absolute Gasteiger partial charge is 0.407 e. The number of benzene rings is 3. The topological polar surface area (TPSA) is 202 Å². The Labute approximate surface area is 444 Å². The SMILES string of the molecule is COC(=O)N[C@H](C(=O)N1CCC[C@H]1c1nc2cc([C@H]3CC[C@H](c4cc5nc([C@@H]6CCCN6C(=O)[C@H]([C@@H](C)OC)N(C)C(=O)O)[nH]c5cc4F)N3c3cc(F)c(N4CCC(C(C)(C)C)CC4)c(F)c3)c(F)cc2[nH]1)[C@@H](C)OC. The van der Waals surface area contributed by atoms with Crippen molar-refractivity contribution >= 4 is 57.4 Å². The first kappa shape index (κ1) is 55.1. The minimum absolute atomic E-state index is 0.0361. The molecule has 4 amide bonds. The second-order valence-corrected chi connectivity index (χ2v) is 22.1. The van der Waals surface area contributed by atoms with E-state index in [1.165, 1.54) is 52.6 Å². The van der Waals surface area contributed by atoms with E-state index < -0.39 is 95.7 Å². The van der Waals surface area contributed by atoms with Gasteiger partial charge in [0.15, 0.2) is 11.6 Å². The molecule has 2 aromatic heterocycles. The Morgan fingerprint density at radius 2 is 1.18 bits per heavy atom. The third-order valence-corrected chi connectivity index (χ3v) is 16.7. The number of hydrogen-bond donors (Lipinski definition) is 4. The van der Waals surface area contributed by atoms with E-state index >= 15 is 17.6 Å². The molecule has 416 valence electrons. The van der Waals surface area contributed by atoms with E-state index in [2.05, 4.69) is 36.1 Å². The van der Waals surface area contributed by atoms with Crippen LogP contribution < -0.4 is 15.1 Å². The summed E-state index contributed by atoms with van der Waals surface area (Å²) in [6, 6.07) is 3.13. The molecule has 8 atom stereocenters. The van der Waals surface area contributed by atoms with Crippen LogP contribution >= 0.6 is 0 Å². The van der Waals surface area contributed by atoms with Gasteiger partial charge in [-0.15, -0.1) is 0 Å². The highest BCUT2D eigenvalue weighted by molar-refractivity contribution is 5.88. The Balaban J connectivity index is 1.08. The number of hydrogen-bond acceptors (Lipinski definition) is 11. The average molecular weight is 1080 g/mol. The lowest BCUT2D eigenvalue weighted by Crippen LogP contribution is -2.54. The number of H-pyrrole nitrogens is 2. The summed E-state index contributed by atoms with van der Waals surface area (Å²) in [5.74, 6) is -2.62. The maximum Gasteiger partial charge on any atom is 0.407 e. The van der Waals surface area contributed by atoms with Crippen LogP contribution in [0.1, 0.15) is 133 Å². The number of ether oxygens (including phenoxy) is 3. The van der Waals surface area contributed by atoms with E-state index in [1.807, 2.05) is 0 Å². The van der Waals surface area contributed by atoms with Crippen molar-refractivity contribution in [3.8, 4) is 0 Å². The minimum atomic E-state index is -1.30. The molecule has 4 aliphatic heterocycles. The number of piperidine rings is 1. The number of carboxylic acid groups (broad SMARTS) is 1. The number of anilines is 2. The summed E-state index contributed by atoms with van der Waals surface area (Å²) in [6.07, 6.45) is 0.668. The lowest BCUT2D eigenvalue weighted by Gasteiger charge is -2.40. The zero-order valence-corrected chi connectivity index (χ0v) is 45.1. The van der Waals surface area contributed by atoms with Crippen molar-refractivity contribution in [2.24, 2.45) is 11.3 Å². The normalized spacial score (nSPS) is 22.0. The van der Waals surface area contributed by atoms with Gasteiger partial charge in [0.25, 0.3) is 0 Å². The molecule has 5 aromatic rings. The van der Waals surface area contributed by atoms with E-state index in [1.54, 1.807) is 45.6 Å². The molecule has 4 N–H and O–H groups in total. The van der Waals surface area contributed by atoms with Gasteiger partial charge in [-0.3, -0.25) is 14.5 Å². The Morgan fingerprint density at radius 3 is 1.64 bits per heavy atom. The fourth-order valence-corrected chi connectivity index (χ4v) is 12.3. The number of methoxy groups -OCH3 is 3. The summed E-state index contributed by atoms with van der Waals surface area (Å²) in [5, 5.41) is 12.4. The number of fused-ring (bicyclic) bond motifs is 2. The molecule has 4 fully saturated rings. The molecule has 3 aromatic carbocycles. The van der Waals surface area contributed by atoms with Crippen LogP contribution in [0.15, 0.2) is 36.4 Å². The van der Waals surface area contributed by atoms with Crippen LogP contribution in [0, 0.1) is 34.6 Å². The number of rotatable bonds is 14. The van der Waals surface area contributed by atoms with E-state index in [-0.39, 0.29) is 40.8 Å². The second-order valence-electron chi connectivity index (χ2n) is 22.1. The molecular weight excluding hydrogens is 1000 g/mol. The van der Waals surface area contributed by atoms with Gasteiger partial charge in [0, 0.05) is 64.3 Å². The highest BCUT2D eigenvalue weighted by atomic mass is 19.1. The predicted molar refractivity (Wildman–Crippen MR) is 279 cm³/mol. The van der Waals surface area contributed by atoms with Gasteiger partial charge in [-0.05, 0) is 113 Å². The fraction of sp³-hybridized carbons (Fsp3) is 0.564. The highest BCUT2D eigenvalue weighted by Gasteiger charge is 2.44. The molecule has 0 radical (unpaired) electrons. The van der Waals surface area contributed by atoms with Crippen molar-refractivity contribution in [2.45, 2.75) is 134 Å². The largest absolute Gasteiger partial charge is 0.465 e. The first-order valence-electron chi connectivity index (χ1n) is 26.5. The minimum Gasteiger partial charge on any atom is -0.465 e. The molecule has 0 unspecified atom stereocenters. The fourth-order valence-electron chi connectivity index (χ4n) is 12.3. The molecule has 9 rings (SSSR count). The van der Waals surface area contributed by atoms with Crippen molar-refractivity contribution in [3.63, 3.8) is 0 Å². The van der Waals surface area contributed by atoms with E-state index in [0.717, 1.165) is 17.7 Å². The third kappa shape index (κ3) is 10.6. The van der Waals surface area contributed by atoms with Gasteiger partial charge in [0.2, 0.25) is 11.8 Å². The van der Waals surface area contributed by atoms with Crippen LogP contribution in [-0.2, 0) is 23.8 Å². The Hall–Kier alpha value is -6.68. The monoisotopic (exact) mass is 1070 g/mol. The number of nitrogens with zero attached hydrogens (tertiary/aromatic N) is 7. The van der Waals surface area contributed by atoms with Gasteiger partial charge in [0.05, 0.1) is 65.6 Å². The summed E-state index contributed by atoms with van der Waals surface area (Å²) in [4.78, 5) is 76.2. The number of amides is 4. The third-order valence-electron chi connectivity index (χ3n) is 16.7. The van der Waals surface area contributed by atoms with Gasteiger partial charge < -0.3 is 54.2 Å². The van der Waals surface area contributed by atoms with Gasteiger partial charge in [-0.1, -0.05) is 20.8 Å². The van der Waals surface area contributed by atoms with E-state index in [9.17, 15) is 24.3 Å². The molecular formula is C55H70F4N10O8. The number of imidazole rings is 2. The number of likely N-dealkylation sites (tertiary alicyclic amines) is 2. The number of likely N-dealkylation sites (N-methyl/N-ethyl adjacent to an activating group) is 1. The maximum absolute atomic E-state index is 17.0. The van der Waals surface area contributed by atoms with Crippen LogP contribution in [0.4, 0.5) is 38.5 Å². The molecule has 4 saturated heterocycles. The zero-order valence-electron chi connectivity index (χ0n) is 45.1. The number of halogens is 4. The van der Waals surface area contributed by atoms with Crippen LogP contribution in [0.25, 0.3) is 22.1 Å². The first-order valence-corrected chi connectivity index (χ1v) is 26.5. The molecule has 0 bridgehead atoms. The van der Waals surface area contributed by atoms with Crippen molar-refractivity contribution in [1.82, 2.24) is 40.0 Å². The van der Waals surface area contributed by atoms with Gasteiger partial charge in [-0.2, -0.15) is 0 Å². The van der Waals surface area contributed by atoms with Crippen LogP contribution in [0.2, 0.25) is 0 Å². The summed E-state index contributed by atoms with van der Waals surface area (Å²) in [5.41, 5.74) is 1.68. The number of carbonyl (C=O) groups excluding carboxylic acids is 3. The van der Waals surface area contributed by atoms with Crippen molar-refractivity contribution in [2.75, 3.05) is 64.4 Å². The van der Waals surface area contributed by atoms with Crippen LogP contribution in [-0.4, -0.2) is 143 Å². The van der Waals surface area contributed by atoms with Gasteiger partial charge in [0.1, 0.15) is 41.1 Å². The summed E-state index contributed by atoms with van der Waals surface area (Å²) in [6.45, 7) is 11.4. The molecule has 77 heavy (non-hydrogen) atoms. The predicted octanol–water partition coefficient (Wildman–Crippen LogP) is 9.44. The molecule has 4 aliphatic rings. The maximum atomic E-state index is 17.0. The molecule has 6 heterocycles. The number of nitrogens with one attached hydrogen (secondary N) is 3. The number of carbonyl (C=O) groups is 4. The summed E-state index contributed by atoms with van der Waals surface area (Å²) < 4.78 is 83.1.